The number of rotatable bonds is 6. The number of hydrogen-bond acceptors (Lipinski definition) is 4. The molecule has 0 aliphatic carbocycles. The summed E-state index contributed by atoms with van der Waals surface area (Å²) in [5.41, 5.74) is 1.24. The van der Waals surface area contributed by atoms with Gasteiger partial charge in [-0.2, -0.15) is 13.2 Å². The highest BCUT2D eigenvalue weighted by Crippen LogP contribution is 2.20. The predicted octanol–water partition coefficient (Wildman–Crippen LogP) is 3.44. The van der Waals surface area contributed by atoms with Crippen LogP contribution in [0.5, 0.6) is 0 Å². The molecule has 0 saturated carbocycles. The van der Waals surface area contributed by atoms with E-state index < -0.39 is 22.0 Å². The van der Waals surface area contributed by atoms with Crippen molar-refractivity contribution in [1.29, 1.82) is 0 Å². The number of halogens is 3. The predicted molar refractivity (Wildman–Crippen MR) is 96.4 cm³/mol. The lowest BCUT2D eigenvalue weighted by Gasteiger charge is -2.22. The van der Waals surface area contributed by atoms with E-state index in [9.17, 15) is 21.6 Å². The number of benzene rings is 1. The van der Waals surface area contributed by atoms with Gasteiger partial charge in [-0.1, -0.05) is 25.0 Å². The number of sulfone groups is 1. The topological polar surface area (TPSA) is 83.5 Å². The van der Waals surface area contributed by atoms with Crippen molar-refractivity contribution < 1.29 is 31.5 Å². The largest absolute Gasteiger partial charge is 0.490 e. The Morgan fingerprint density at radius 1 is 1.15 bits per heavy atom. The summed E-state index contributed by atoms with van der Waals surface area (Å²) in [7, 11) is -3.07. The average molecular weight is 409 g/mol. The molecule has 0 bridgehead atoms. The van der Waals surface area contributed by atoms with Gasteiger partial charge in [0.05, 0.1) is 4.90 Å². The van der Waals surface area contributed by atoms with Crippen molar-refractivity contribution in [3.8, 4) is 0 Å². The number of nitrogens with one attached hydrogen (secondary N) is 1. The van der Waals surface area contributed by atoms with Crippen molar-refractivity contribution in [2.24, 2.45) is 5.92 Å². The number of piperidine rings is 1. The fourth-order valence-electron chi connectivity index (χ4n) is 2.84. The molecule has 0 atom stereocenters. The van der Waals surface area contributed by atoms with E-state index in [1.807, 2.05) is 12.1 Å². The second-order valence-electron chi connectivity index (χ2n) is 6.66. The van der Waals surface area contributed by atoms with Gasteiger partial charge in [0.2, 0.25) is 0 Å². The maximum Gasteiger partial charge on any atom is 0.490 e. The van der Waals surface area contributed by atoms with Gasteiger partial charge in [-0.15, -0.1) is 0 Å². The van der Waals surface area contributed by atoms with Gasteiger partial charge in [0.25, 0.3) is 0 Å². The number of aliphatic carboxylic acids is 1. The first-order valence-corrected chi connectivity index (χ1v) is 10.7. The number of carboxylic acid groups (broad SMARTS) is 1. The minimum atomic E-state index is -5.08. The molecule has 0 spiro atoms. The average Bonchev–Trinajstić information content (AvgIpc) is 2.59. The lowest BCUT2D eigenvalue weighted by molar-refractivity contribution is -0.192. The maximum absolute atomic E-state index is 11.4. The molecule has 0 aromatic heterocycles. The minimum Gasteiger partial charge on any atom is -0.475 e. The summed E-state index contributed by atoms with van der Waals surface area (Å²) in [5.74, 6) is -1.85. The molecule has 27 heavy (non-hydrogen) atoms. The zero-order valence-corrected chi connectivity index (χ0v) is 16.1. The van der Waals surface area contributed by atoms with Gasteiger partial charge >= 0.3 is 12.1 Å². The molecule has 5 nitrogen and oxygen atoms in total. The van der Waals surface area contributed by atoms with Crippen LogP contribution in [0, 0.1) is 5.92 Å². The molecule has 1 heterocycles. The van der Waals surface area contributed by atoms with Gasteiger partial charge in [0.1, 0.15) is 0 Å². The van der Waals surface area contributed by atoms with Crippen molar-refractivity contribution in [2.75, 3.05) is 19.3 Å². The molecule has 2 N–H and O–H groups in total. The van der Waals surface area contributed by atoms with Crippen LogP contribution in [-0.2, 0) is 21.1 Å². The minimum absolute atomic E-state index is 0.413. The van der Waals surface area contributed by atoms with Gasteiger partial charge in [-0.05, 0) is 62.4 Å². The highest BCUT2D eigenvalue weighted by Gasteiger charge is 2.38. The van der Waals surface area contributed by atoms with Crippen molar-refractivity contribution in [3.05, 3.63) is 29.8 Å². The molecule has 0 unspecified atom stereocenters. The van der Waals surface area contributed by atoms with Crippen molar-refractivity contribution >= 4 is 15.8 Å². The molecular formula is C18H26F3NO4S. The Bertz CT molecular complexity index is 682. The van der Waals surface area contributed by atoms with E-state index in [0.717, 1.165) is 12.3 Å². The molecule has 1 aromatic rings. The summed E-state index contributed by atoms with van der Waals surface area (Å²) in [6.07, 6.45) is 3.67. The molecule has 1 aliphatic heterocycles. The van der Waals surface area contributed by atoms with Crippen molar-refractivity contribution in [3.63, 3.8) is 0 Å². The van der Waals surface area contributed by atoms with Crippen LogP contribution in [0.4, 0.5) is 13.2 Å². The second-order valence-corrected chi connectivity index (χ2v) is 8.67. The van der Waals surface area contributed by atoms with Crippen LogP contribution in [0.3, 0.4) is 0 Å². The Hall–Kier alpha value is -1.61. The zero-order chi connectivity index (χ0) is 20.5. The van der Waals surface area contributed by atoms with E-state index in [0.29, 0.717) is 4.90 Å². The molecule has 2 rings (SSSR count). The molecule has 1 aromatic carbocycles. The van der Waals surface area contributed by atoms with Crippen LogP contribution < -0.4 is 5.32 Å². The highest BCUT2D eigenvalue weighted by molar-refractivity contribution is 7.90. The lowest BCUT2D eigenvalue weighted by Crippen LogP contribution is -2.27. The number of unbranched alkanes of at least 4 members (excludes halogenated alkanes) is 1. The van der Waals surface area contributed by atoms with Crippen LogP contribution >= 0.6 is 0 Å². The number of hydrogen-bond donors (Lipinski definition) is 2. The van der Waals surface area contributed by atoms with Crippen LogP contribution in [0.15, 0.2) is 29.2 Å². The molecule has 154 valence electrons. The Kier molecular flexibility index (Phi) is 9.25. The third kappa shape index (κ3) is 9.76. The Morgan fingerprint density at radius 2 is 1.67 bits per heavy atom. The second kappa shape index (κ2) is 10.7. The fraction of sp³-hybridized carbons (Fsp3) is 0.611. The summed E-state index contributed by atoms with van der Waals surface area (Å²) in [6.45, 7) is 2.36. The number of carbonyl (C=O) groups is 1. The Morgan fingerprint density at radius 3 is 2.11 bits per heavy atom. The first kappa shape index (κ1) is 23.4. The van der Waals surface area contributed by atoms with Gasteiger partial charge in [-0.3, -0.25) is 0 Å². The number of carboxylic acids is 1. The van der Waals surface area contributed by atoms with Crippen LogP contribution in [-0.4, -0.2) is 45.0 Å². The van der Waals surface area contributed by atoms with E-state index in [1.165, 1.54) is 57.0 Å². The van der Waals surface area contributed by atoms with Gasteiger partial charge in [-0.25, -0.2) is 13.2 Å². The first-order valence-electron chi connectivity index (χ1n) is 8.80. The van der Waals surface area contributed by atoms with Gasteiger partial charge in [0.15, 0.2) is 9.84 Å². The van der Waals surface area contributed by atoms with Crippen molar-refractivity contribution in [2.45, 2.75) is 49.6 Å². The summed E-state index contributed by atoms with van der Waals surface area (Å²) in [6, 6.07) is 7.33. The van der Waals surface area contributed by atoms with Crippen LogP contribution in [0.1, 0.15) is 37.7 Å². The lowest BCUT2D eigenvalue weighted by atomic mass is 9.92. The molecule has 1 aliphatic rings. The highest BCUT2D eigenvalue weighted by atomic mass is 32.2. The maximum atomic E-state index is 11.4. The Balaban J connectivity index is 0.000000445. The van der Waals surface area contributed by atoms with E-state index in [2.05, 4.69) is 5.32 Å². The molecular weight excluding hydrogens is 383 g/mol. The molecule has 0 amide bonds. The normalized spacial score (nSPS) is 15.7. The fourth-order valence-corrected chi connectivity index (χ4v) is 3.47. The summed E-state index contributed by atoms with van der Waals surface area (Å²) < 4.78 is 54.5. The standard InChI is InChI=1S/C16H25NO2S.C2HF3O2/c1-20(18,19)16-8-6-14(7-9-16)4-2-3-5-15-10-12-17-13-11-15;3-2(4,5)1(6)7/h6-9,15,17H,2-5,10-13H2,1H3;(H,6,7). The third-order valence-corrected chi connectivity index (χ3v) is 5.51. The molecule has 0 radical (unpaired) electrons. The first-order chi connectivity index (χ1) is 12.5. The van der Waals surface area contributed by atoms with Crippen molar-refractivity contribution in [1.82, 2.24) is 5.32 Å². The molecule has 1 saturated heterocycles. The monoisotopic (exact) mass is 409 g/mol. The van der Waals surface area contributed by atoms with E-state index in [1.54, 1.807) is 12.1 Å². The summed E-state index contributed by atoms with van der Waals surface area (Å²) in [5, 5.41) is 10.5. The summed E-state index contributed by atoms with van der Waals surface area (Å²) in [4.78, 5) is 9.31. The van der Waals surface area contributed by atoms with E-state index in [4.69, 9.17) is 9.90 Å². The zero-order valence-electron chi connectivity index (χ0n) is 15.3. The smallest absolute Gasteiger partial charge is 0.475 e. The number of aryl methyl sites for hydroxylation is 1. The molecule has 1 fully saturated rings. The summed E-state index contributed by atoms with van der Waals surface area (Å²) >= 11 is 0. The van der Waals surface area contributed by atoms with E-state index >= 15 is 0 Å². The van der Waals surface area contributed by atoms with Gasteiger partial charge < -0.3 is 10.4 Å². The third-order valence-electron chi connectivity index (χ3n) is 4.38. The SMILES string of the molecule is CS(=O)(=O)c1ccc(CCCCC2CCNCC2)cc1.O=C(O)C(F)(F)F. The quantitative estimate of drug-likeness (QED) is 0.704. The molecule has 9 heteroatoms. The van der Waals surface area contributed by atoms with Crippen LogP contribution in [0.25, 0.3) is 0 Å². The van der Waals surface area contributed by atoms with Gasteiger partial charge in [0, 0.05) is 6.26 Å². The Labute approximate surface area is 157 Å². The van der Waals surface area contributed by atoms with Crippen LogP contribution in [0.2, 0.25) is 0 Å². The number of alkyl halides is 3. The van der Waals surface area contributed by atoms with E-state index in [-0.39, 0.29) is 0 Å².